The van der Waals surface area contributed by atoms with Crippen molar-refractivity contribution in [2.24, 2.45) is 0 Å². The van der Waals surface area contributed by atoms with Crippen LogP contribution in [0.3, 0.4) is 0 Å². The number of ether oxygens (including phenoxy) is 2. The predicted octanol–water partition coefficient (Wildman–Crippen LogP) is 7.95. The average Bonchev–Trinajstić information content (AvgIpc) is 3.58. The fourth-order valence-corrected chi connectivity index (χ4v) is 6.91. The number of aromatic nitrogens is 2. The van der Waals surface area contributed by atoms with Gasteiger partial charge in [0.2, 0.25) is 5.13 Å². The van der Waals surface area contributed by atoms with Crippen molar-refractivity contribution in [2.75, 3.05) is 18.1 Å². The third-order valence-electron chi connectivity index (χ3n) is 6.52. The second-order valence-electron chi connectivity index (χ2n) is 9.42. The molecule has 1 N–H and O–H groups in total. The Hall–Kier alpha value is -3.57. The molecule has 1 fully saturated rings. The van der Waals surface area contributed by atoms with Crippen LogP contribution in [-0.2, 0) is 15.3 Å². The van der Waals surface area contributed by atoms with E-state index in [1.54, 1.807) is 60.7 Å². The molecule has 1 aliphatic rings. The molecule has 0 radical (unpaired) electrons. The zero-order chi connectivity index (χ0) is 30.5. The van der Waals surface area contributed by atoms with Gasteiger partial charge in [-0.1, -0.05) is 71.4 Å². The van der Waals surface area contributed by atoms with Gasteiger partial charge in [-0.15, -0.1) is 10.2 Å². The third kappa shape index (κ3) is 6.83. The molecule has 1 atom stereocenters. The van der Waals surface area contributed by atoms with Gasteiger partial charge in [-0.25, -0.2) is 0 Å². The lowest BCUT2D eigenvalue weighted by Gasteiger charge is -2.22. The zero-order valence-electron chi connectivity index (χ0n) is 23.3. The van der Waals surface area contributed by atoms with E-state index in [4.69, 9.17) is 32.7 Å². The number of nitrogens with zero attached hydrogens (tertiary/aromatic N) is 3. The number of hydrogen-bond donors (Lipinski definition) is 1. The number of carbonyl (C=O) groups is 2. The SMILES string of the molecule is CCCOc1ccc(C2/C(=C(/O)c3ccc(OCC)cc3)C(=O)C(=O)N2c2nnc(SCc3ccc(Cl)cc3Cl)s2)cc1. The van der Waals surface area contributed by atoms with E-state index in [1.807, 2.05) is 19.9 Å². The highest BCUT2D eigenvalue weighted by atomic mass is 35.5. The first kappa shape index (κ1) is 30.9. The Bertz CT molecular complexity index is 1660. The number of halogens is 2. The maximum atomic E-state index is 13.5. The van der Waals surface area contributed by atoms with E-state index in [-0.39, 0.29) is 16.5 Å². The van der Waals surface area contributed by atoms with Crippen molar-refractivity contribution in [1.82, 2.24) is 10.2 Å². The number of amides is 1. The highest BCUT2D eigenvalue weighted by molar-refractivity contribution is 8.00. The van der Waals surface area contributed by atoms with Crippen LogP contribution >= 0.6 is 46.3 Å². The van der Waals surface area contributed by atoms with Gasteiger partial charge in [-0.2, -0.15) is 0 Å². The maximum absolute atomic E-state index is 13.5. The summed E-state index contributed by atoms with van der Waals surface area (Å²) in [5, 5.41) is 21.2. The normalized spacial score (nSPS) is 16.1. The molecule has 0 bridgehead atoms. The number of aliphatic hydroxyl groups is 1. The summed E-state index contributed by atoms with van der Waals surface area (Å²) in [4.78, 5) is 28.3. The smallest absolute Gasteiger partial charge is 0.301 e. The standard InChI is InChI=1S/C31H27Cl2N3O5S2/c1-3-15-41-23-11-6-18(7-12-23)26-25(27(37)19-8-13-22(14-9-19)40-4-2)28(38)29(39)36(26)30-34-35-31(43-30)42-17-20-5-10-21(32)16-24(20)33/h5-14,16,26,37H,3-4,15,17H2,1-2H3/b27-25-. The van der Waals surface area contributed by atoms with Gasteiger partial charge in [0, 0.05) is 21.4 Å². The monoisotopic (exact) mass is 655 g/mol. The van der Waals surface area contributed by atoms with Gasteiger partial charge >= 0.3 is 5.91 Å². The average molecular weight is 657 g/mol. The Balaban J connectivity index is 1.51. The van der Waals surface area contributed by atoms with Crippen molar-refractivity contribution in [3.05, 3.63) is 99.0 Å². The van der Waals surface area contributed by atoms with Crippen LogP contribution in [0.1, 0.15) is 43.0 Å². The fraction of sp³-hybridized carbons (Fsp3) is 0.226. The van der Waals surface area contributed by atoms with Crippen LogP contribution in [0.4, 0.5) is 5.13 Å². The first-order valence-electron chi connectivity index (χ1n) is 13.5. The van der Waals surface area contributed by atoms with Gasteiger partial charge in [0.05, 0.1) is 24.8 Å². The highest BCUT2D eigenvalue weighted by Crippen LogP contribution is 2.44. The predicted molar refractivity (Wildman–Crippen MR) is 171 cm³/mol. The second kappa shape index (κ2) is 13.8. The van der Waals surface area contributed by atoms with Crippen LogP contribution in [0.15, 0.2) is 76.6 Å². The van der Waals surface area contributed by atoms with Gasteiger partial charge in [-0.05, 0) is 73.0 Å². The summed E-state index contributed by atoms with van der Waals surface area (Å²) < 4.78 is 11.8. The molecule has 1 unspecified atom stereocenters. The number of rotatable bonds is 11. The first-order chi connectivity index (χ1) is 20.8. The number of Topliss-reactive ketones (excluding diaryl/α,β-unsaturated/α-hetero) is 1. The molecule has 1 aromatic heterocycles. The van der Waals surface area contributed by atoms with Crippen LogP contribution in [-0.4, -0.2) is 40.2 Å². The molecule has 5 rings (SSSR count). The quantitative estimate of drug-likeness (QED) is 0.0571. The minimum Gasteiger partial charge on any atom is -0.507 e. The molecular formula is C31H27Cl2N3O5S2. The molecule has 222 valence electrons. The van der Waals surface area contributed by atoms with Gasteiger partial charge < -0.3 is 14.6 Å². The number of ketones is 1. The number of anilines is 1. The minimum absolute atomic E-state index is 0.0475. The van der Waals surface area contributed by atoms with Crippen LogP contribution in [0, 0.1) is 0 Å². The molecule has 1 aliphatic heterocycles. The lowest BCUT2D eigenvalue weighted by atomic mass is 9.95. The largest absolute Gasteiger partial charge is 0.507 e. The Morgan fingerprint density at radius 1 is 0.977 bits per heavy atom. The van der Waals surface area contributed by atoms with Crippen LogP contribution in [0.5, 0.6) is 11.5 Å². The topological polar surface area (TPSA) is 102 Å². The summed E-state index contributed by atoms with van der Waals surface area (Å²) in [6, 6.07) is 18.1. The minimum atomic E-state index is -0.941. The molecular weight excluding hydrogens is 629 g/mol. The van der Waals surface area contributed by atoms with Crippen molar-refractivity contribution in [1.29, 1.82) is 0 Å². The number of thioether (sulfide) groups is 1. The fourth-order valence-electron chi connectivity index (χ4n) is 4.48. The van der Waals surface area contributed by atoms with Crippen LogP contribution in [0.25, 0.3) is 5.76 Å². The zero-order valence-corrected chi connectivity index (χ0v) is 26.4. The van der Waals surface area contributed by atoms with Crippen molar-refractivity contribution in [3.8, 4) is 11.5 Å². The Kier molecular flexibility index (Phi) is 9.92. The van der Waals surface area contributed by atoms with E-state index in [0.717, 1.165) is 12.0 Å². The molecule has 4 aromatic rings. The molecule has 12 heteroatoms. The summed E-state index contributed by atoms with van der Waals surface area (Å²) in [5.41, 5.74) is 1.80. The van der Waals surface area contributed by atoms with Crippen molar-refractivity contribution in [2.45, 2.75) is 36.4 Å². The molecule has 1 saturated heterocycles. The molecule has 2 heterocycles. The number of hydrogen-bond acceptors (Lipinski definition) is 9. The summed E-state index contributed by atoms with van der Waals surface area (Å²) in [6.07, 6.45) is 0.853. The van der Waals surface area contributed by atoms with E-state index >= 15 is 0 Å². The van der Waals surface area contributed by atoms with Gasteiger partial charge in [0.1, 0.15) is 17.3 Å². The Morgan fingerprint density at radius 2 is 1.67 bits per heavy atom. The van der Waals surface area contributed by atoms with E-state index in [9.17, 15) is 14.7 Å². The number of carbonyl (C=O) groups excluding carboxylic acids is 2. The molecule has 8 nitrogen and oxygen atoms in total. The molecule has 43 heavy (non-hydrogen) atoms. The number of benzene rings is 3. The molecule has 0 saturated carbocycles. The maximum Gasteiger partial charge on any atom is 0.301 e. The Morgan fingerprint density at radius 3 is 2.35 bits per heavy atom. The van der Waals surface area contributed by atoms with Gasteiger partial charge in [0.25, 0.3) is 5.78 Å². The summed E-state index contributed by atoms with van der Waals surface area (Å²) in [7, 11) is 0. The van der Waals surface area contributed by atoms with E-state index in [2.05, 4.69) is 10.2 Å². The molecule has 1 amide bonds. The molecule has 0 aliphatic carbocycles. The summed E-state index contributed by atoms with van der Waals surface area (Å²) in [5.74, 6) is -0.139. The summed E-state index contributed by atoms with van der Waals surface area (Å²) in [6.45, 7) is 4.94. The molecule has 3 aromatic carbocycles. The second-order valence-corrected chi connectivity index (χ2v) is 12.4. The van der Waals surface area contributed by atoms with E-state index in [1.165, 1.54) is 28.0 Å². The van der Waals surface area contributed by atoms with E-state index in [0.29, 0.717) is 56.0 Å². The Labute approximate surface area is 267 Å². The van der Waals surface area contributed by atoms with Crippen molar-refractivity contribution in [3.63, 3.8) is 0 Å². The van der Waals surface area contributed by atoms with Crippen molar-refractivity contribution >= 4 is 68.9 Å². The third-order valence-corrected chi connectivity index (χ3v) is 9.21. The van der Waals surface area contributed by atoms with E-state index < -0.39 is 17.7 Å². The lowest BCUT2D eigenvalue weighted by Crippen LogP contribution is -2.29. The molecule has 0 spiro atoms. The first-order valence-corrected chi connectivity index (χ1v) is 16.0. The highest BCUT2D eigenvalue weighted by Gasteiger charge is 2.48. The van der Waals surface area contributed by atoms with Crippen LogP contribution < -0.4 is 14.4 Å². The van der Waals surface area contributed by atoms with Crippen molar-refractivity contribution < 1.29 is 24.2 Å². The van der Waals surface area contributed by atoms with Gasteiger partial charge in [0.15, 0.2) is 4.34 Å². The summed E-state index contributed by atoms with van der Waals surface area (Å²) >= 11 is 14.9. The van der Waals surface area contributed by atoms with Gasteiger partial charge in [-0.3, -0.25) is 14.5 Å². The van der Waals surface area contributed by atoms with Crippen LogP contribution in [0.2, 0.25) is 10.0 Å². The lowest BCUT2D eigenvalue weighted by molar-refractivity contribution is -0.132. The number of aliphatic hydroxyl groups excluding tert-OH is 1.